The second-order valence-corrected chi connectivity index (χ2v) is 9.90. The number of benzene rings is 3. The minimum absolute atomic E-state index is 0.0305. The lowest BCUT2D eigenvalue weighted by atomic mass is 9.96. The summed E-state index contributed by atoms with van der Waals surface area (Å²) >= 11 is 0. The Morgan fingerprint density at radius 3 is 2.23 bits per heavy atom. The summed E-state index contributed by atoms with van der Waals surface area (Å²) in [5.74, 6) is -0.924. The Hall–Kier alpha value is -4.68. The third kappa shape index (κ3) is 5.61. The van der Waals surface area contributed by atoms with Gasteiger partial charge in [0.25, 0.3) is 17.3 Å². The zero-order valence-electron chi connectivity index (χ0n) is 21.4. The number of nitro benzene ring substituents is 2. The van der Waals surface area contributed by atoms with Gasteiger partial charge in [0.2, 0.25) is 0 Å². The van der Waals surface area contributed by atoms with Gasteiger partial charge in [-0.3, -0.25) is 30.3 Å². The first kappa shape index (κ1) is 27.4. The van der Waals surface area contributed by atoms with Crippen molar-refractivity contribution in [2.45, 2.75) is 32.5 Å². The first-order chi connectivity index (χ1) is 18.3. The second-order valence-electron chi connectivity index (χ2n) is 9.90. The van der Waals surface area contributed by atoms with E-state index in [9.17, 15) is 34.5 Å². The number of fused-ring (bicyclic) bond motifs is 1. The molecule has 39 heavy (non-hydrogen) atoms. The number of nitro groups is 2. The van der Waals surface area contributed by atoms with E-state index < -0.39 is 44.7 Å². The van der Waals surface area contributed by atoms with Gasteiger partial charge in [-0.25, -0.2) is 4.39 Å². The van der Waals surface area contributed by atoms with E-state index in [1.54, 1.807) is 20.8 Å². The van der Waals surface area contributed by atoms with E-state index in [0.717, 1.165) is 18.2 Å². The number of carbonyl (C=O) groups excluding carboxylic acids is 1. The predicted octanol–water partition coefficient (Wildman–Crippen LogP) is 5.46. The molecule has 0 radical (unpaired) electrons. The molecule has 12 heteroatoms. The average molecular weight is 537 g/mol. The van der Waals surface area contributed by atoms with Crippen LogP contribution in [-0.2, 0) is 0 Å². The minimum Gasteiger partial charge on any atom is -0.455 e. The monoisotopic (exact) mass is 536 g/mol. The number of rotatable bonds is 7. The Kier molecular flexibility index (Phi) is 7.18. The molecule has 0 bridgehead atoms. The van der Waals surface area contributed by atoms with Gasteiger partial charge in [0, 0.05) is 39.7 Å². The topological polar surface area (TPSA) is 161 Å². The maximum Gasteiger partial charge on any atom is 0.280 e. The number of carbonyl (C=O) groups is 1. The van der Waals surface area contributed by atoms with Crippen LogP contribution in [0.2, 0.25) is 0 Å². The van der Waals surface area contributed by atoms with Crippen LogP contribution in [0.3, 0.4) is 0 Å². The van der Waals surface area contributed by atoms with Crippen molar-refractivity contribution in [2.75, 3.05) is 7.05 Å². The molecule has 1 amide bonds. The number of amides is 1. The van der Waals surface area contributed by atoms with Gasteiger partial charge >= 0.3 is 0 Å². The SMILES string of the molecule is CNC(O)c1c(-c2ccc(F)cc2)oc2cc([N+](=O)[O-])c(-c3cc(C(=O)NC(C)(C)C)cc([N+](=O)[O-])c3)cc12. The third-order valence-corrected chi connectivity index (χ3v) is 5.89. The van der Waals surface area contributed by atoms with Gasteiger partial charge in [-0.2, -0.15) is 0 Å². The molecule has 4 aromatic rings. The molecule has 0 aliphatic heterocycles. The molecule has 3 aromatic carbocycles. The summed E-state index contributed by atoms with van der Waals surface area (Å²) in [4.78, 5) is 35.3. The largest absolute Gasteiger partial charge is 0.455 e. The van der Waals surface area contributed by atoms with Crippen molar-refractivity contribution in [3.63, 3.8) is 0 Å². The Bertz CT molecular complexity index is 1610. The normalized spacial score (nSPS) is 12.4. The molecular weight excluding hydrogens is 511 g/mol. The van der Waals surface area contributed by atoms with E-state index in [2.05, 4.69) is 10.6 Å². The van der Waals surface area contributed by atoms with E-state index in [1.807, 2.05) is 0 Å². The lowest BCUT2D eigenvalue weighted by molar-refractivity contribution is -0.385. The summed E-state index contributed by atoms with van der Waals surface area (Å²) in [6.45, 7) is 5.23. The summed E-state index contributed by atoms with van der Waals surface area (Å²) < 4.78 is 19.4. The average Bonchev–Trinajstić information content (AvgIpc) is 3.25. The highest BCUT2D eigenvalue weighted by molar-refractivity contribution is 5.99. The van der Waals surface area contributed by atoms with Crippen LogP contribution in [0.1, 0.15) is 42.9 Å². The van der Waals surface area contributed by atoms with Gasteiger partial charge in [-0.1, -0.05) is 0 Å². The van der Waals surface area contributed by atoms with Crippen LogP contribution in [-0.4, -0.2) is 33.4 Å². The van der Waals surface area contributed by atoms with E-state index in [0.29, 0.717) is 5.56 Å². The number of nitrogens with one attached hydrogen (secondary N) is 2. The summed E-state index contributed by atoms with van der Waals surface area (Å²) in [7, 11) is 1.49. The number of non-ortho nitro benzene ring substituents is 1. The first-order valence-electron chi connectivity index (χ1n) is 11.8. The molecule has 0 saturated carbocycles. The fourth-order valence-electron chi connectivity index (χ4n) is 4.18. The molecule has 1 atom stereocenters. The standard InChI is InChI=1S/C27H25FN4O7/c1-27(2,3)30-25(33)16-9-15(10-18(11-16)31(35)36)19-12-20-22(13-21(19)32(37)38)39-24(23(20)26(34)29-4)14-5-7-17(28)8-6-14/h5-13,26,29,34H,1-4H3,(H,30,33). The Balaban J connectivity index is 2.02. The molecule has 1 heterocycles. The molecule has 0 saturated heterocycles. The van der Waals surface area contributed by atoms with Crippen molar-refractivity contribution < 1.29 is 28.6 Å². The molecule has 1 unspecified atom stereocenters. The molecule has 11 nitrogen and oxygen atoms in total. The Labute approximate surface area is 221 Å². The zero-order chi connectivity index (χ0) is 28.6. The van der Waals surface area contributed by atoms with Crippen LogP contribution in [0.15, 0.2) is 59.0 Å². The second kappa shape index (κ2) is 10.2. The summed E-state index contributed by atoms with van der Waals surface area (Å²) in [5, 5.41) is 40.3. The molecular formula is C27H25FN4O7. The van der Waals surface area contributed by atoms with Crippen LogP contribution in [0.4, 0.5) is 15.8 Å². The molecule has 4 rings (SSSR count). The molecule has 1 aromatic heterocycles. The number of hydrogen-bond acceptors (Lipinski definition) is 8. The molecule has 0 fully saturated rings. The van der Waals surface area contributed by atoms with E-state index in [-0.39, 0.29) is 39.0 Å². The number of halogens is 1. The molecule has 0 spiro atoms. The predicted molar refractivity (Wildman–Crippen MR) is 142 cm³/mol. The quantitative estimate of drug-likeness (QED) is 0.159. The maximum absolute atomic E-state index is 13.5. The van der Waals surface area contributed by atoms with E-state index >= 15 is 0 Å². The van der Waals surface area contributed by atoms with Gasteiger partial charge in [0.1, 0.15) is 23.4 Å². The minimum atomic E-state index is -1.28. The molecule has 0 aliphatic carbocycles. The van der Waals surface area contributed by atoms with Crippen LogP contribution in [0.25, 0.3) is 33.4 Å². The van der Waals surface area contributed by atoms with Crippen LogP contribution >= 0.6 is 0 Å². The van der Waals surface area contributed by atoms with Crippen LogP contribution in [0, 0.1) is 26.0 Å². The van der Waals surface area contributed by atoms with Gasteiger partial charge in [0.05, 0.1) is 21.5 Å². The Morgan fingerprint density at radius 2 is 1.67 bits per heavy atom. The summed E-state index contributed by atoms with van der Waals surface area (Å²) in [5.41, 5.74) is -0.847. The maximum atomic E-state index is 13.5. The third-order valence-electron chi connectivity index (χ3n) is 5.89. The van der Waals surface area contributed by atoms with Gasteiger partial charge in [-0.05, 0) is 69.8 Å². The van der Waals surface area contributed by atoms with Crippen molar-refractivity contribution >= 4 is 28.3 Å². The molecule has 0 aliphatic rings. The summed E-state index contributed by atoms with van der Waals surface area (Å²) in [6, 6.07) is 11.4. The lowest BCUT2D eigenvalue weighted by Gasteiger charge is -2.20. The Morgan fingerprint density at radius 1 is 1.00 bits per heavy atom. The highest BCUT2D eigenvalue weighted by atomic mass is 19.1. The fourth-order valence-corrected chi connectivity index (χ4v) is 4.18. The van der Waals surface area contributed by atoms with Crippen LogP contribution in [0.5, 0.6) is 0 Å². The number of nitrogens with zero attached hydrogens (tertiary/aromatic N) is 2. The fraction of sp³-hybridized carbons (Fsp3) is 0.222. The van der Waals surface area contributed by atoms with E-state index in [4.69, 9.17) is 4.42 Å². The molecule has 202 valence electrons. The van der Waals surface area contributed by atoms with Crippen LogP contribution < -0.4 is 10.6 Å². The highest BCUT2D eigenvalue weighted by Crippen LogP contribution is 2.43. The number of aliphatic hydroxyl groups is 1. The van der Waals surface area contributed by atoms with Crippen molar-refractivity contribution in [3.05, 3.63) is 91.8 Å². The van der Waals surface area contributed by atoms with Crippen molar-refractivity contribution in [1.82, 2.24) is 10.6 Å². The zero-order valence-corrected chi connectivity index (χ0v) is 21.4. The van der Waals surface area contributed by atoms with Crippen molar-refractivity contribution in [3.8, 4) is 22.5 Å². The number of furan rings is 1. The van der Waals surface area contributed by atoms with Crippen molar-refractivity contribution in [2.24, 2.45) is 0 Å². The van der Waals surface area contributed by atoms with Gasteiger partial charge in [-0.15, -0.1) is 0 Å². The summed E-state index contributed by atoms with van der Waals surface area (Å²) in [6.07, 6.45) is -1.28. The van der Waals surface area contributed by atoms with Gasteiger partial charge < -0.3 is 14.8 Å². The van der Waals surface area contributed by atoms with E-state index in [1.165, 1.54) is 43.4 Å². The molecule has 3 N–H and O–H groups in total. The number of hydrogen-bond donors (Lipinski definition) is 3. The van der Waals surface area contributed by atoms with Crippen molar-refractivity contribution in [1.29, 1.82) is 0 Å². The van der Waals surface area contributed by atoms with Gasteiger partial charge in [0.15, 0.2) is 0 Å². The lowest BCUT2D eigenvalue weighted by Crippen LogP contribution is -2.40. The highest BCUT2D eigenvalue weighted by Gasteiger charge is 2.28. The smallest absolute Gasteiger partial charge is 0.280 e. The first-order valence-corrected chi connectivity index (χ1v) is 11.8. The number of aliphatic hydroxyl groups excluding tert-OH is 1.